The van der Waals surface area contributed by atoms with Crippen LogP contribution >= 0.6 is 0 Å². The van der Waals surface area contributed by atoms with Crippen LogP contribution in [0.5, 0.6) is 0 Å². The van der Waals surface area contributed by atoms with Gasteiger partial charge in [-0.25, -0.2) is 4.79 Å². The van der Waals surface area contributed by atoms with E-state index in [-0.39, 0.29) is 7.43 Å². The summed E-state index contributed by atoms with van der Waals surface area (Å²) >= 11 is 0. The first-order valence-corrected chi connectivity index (χ1v) is 3.03. The molecule has 70 valence electrons. The molecule has 1 amide bonds. The summed E-state index contributed by atoms with van der Waals surface area (Å²) < 4.78 is 0. The highest BCUT2D eigenvalue weighted by Crippen LogP contribution is 1.90. The molecule has 0 saturated carbocycles. The van der Waals surface area contributed by atoms with Crippen LogP contribution in [0.15, 0.2) is 17.8 Å². The number of primary amides is 1. The van der Waals surface area contributed by atoms with Gasteiger partial charge < -0.3 is 15.7 Å². The number of amides is 1. The van der Waals surface area contributed by atoms with E-state index in [1.807, 2.05) is 4.90 Å². The monoisotopic (exact) mass is 173 g/mol. The van der Waals surface area contributed by atoms with E-state index in [1.165, 1.54) is 0 Å². The maximum Gasteiger partial charge on any atom is 0.402 e. The van der Waals surface area contributed by atoms with Gasteiger partial charge in [0.25, 0.3) is 0 Å². The van der Waals surface area contributed by atoms with Gasteiger partial charge in [0.2, 0.25) is 0 Å². The molecule has 1 heterocycles. The van der Waals surface area contributed by atoms with Gasteiger partial charge in [-0.2, -0.15) is 0 Å². The third-order valence-electron chi connectivity index (χ3n) is 0.952. The van der Waals surface area contributed by atoms with Crippen LogP contribution in [-0.4, -0.2) is 35.5 Å². The lowest BCUT2D eigenvalue weighted by Crippen LogP contribution is -2.09. The van der Waals surface area contributed by atoms with E-state index in [4.69, 9.17) is 9.90 Å². The average Bonchev–Trinajstić information content (AvgIpc) is 2.36. The van der Waals surface area contributed by atoms with Gasteiger partial charge in [-0.3, -0.25) is 4.99 Å². The molecule has 12 heavy (non-hydrogen) atoms. The Morgan fingerprint density at radius 1 is 1.83 bits per heavy atom. The van der Waals surface area contributed by atoms with Crippen LogP contribution in [0.3, 0.4) is 0 Å². The van der Waals surface area contributed by atoms with Gasteiger partial charge in [0.1, 0.15) is 0 Å². The highest BCUT2D eigenvalue weighted by atomic mass is 16.4. The molecule has 0 saturated heterocycles. The molecule has 5 nitrogen and oxygen atoms in total. The van der Waals surface area contributed by atoms with Crippen molar-refractivity contribution in [1.29, 1.82) is 0 Å². The van der Waals surface area contributed by atoms with E-state index >= 15 is 0 Å². The van der Waals surface area contributed by atoms with E-state index in [0.717, 1.165) is 13.1 Å². The van der Waals surface area contributed by atoms with Crippen molar-refractivity contribution in [1.82, 2.24) is 4.90 Å². The average molecular weight is 173 g/mol. The molecular formula is C7H15N3O2. The molecule has 1 aliphatic rings. The van der Waals surface area contributed by atoms with E-state index in [0.29, 0.717) is 0 Å². The Balaban J connectivity index is 0. The molecule has 0 atom stereocenters. The molecule has 0 radical (unpaired) electrons. The highest BCUT2D eigenvalue weighted by Gasteiger charge is 1.96. The summed E-state index contributed by atoms with van der Waals surface area (Å²) in [5.74, 6) is 0. The normalized spacial score (nSPS) is 12.5. The molecule has 5 heteroatoms. The van der Waals surface area contributed by atoms with Crippen molar-refractivity contribution in [3.8, 4) is 0 Å². The Labute approximate surface area is 72.2 Å². The van der Waals surface area contributed by atoms with Gasteiger partial charge in [-0.1, -0.05) is 14.0 Å². The Kier molecular flexibility index (Phi) is 8.28. The topological polar surface area (TPSA) is 78.9 Å². The first-order chi connectivity index (χ1) is 5.16. The maximum atomic E-state index is 8.78. The summed E-state index contributed by atoms with van der Waals surface area (Å²) in [5, 5.41) is 7.19. The number of aliphatic imine (C=N–C) groups is 1. The summed E-state index contributed by atoms with van der Waals surface area (Å²) in [6, 6.07) is 0. The summed E-state index contributed by atoms with van der Waals surface area (Å²) in [7, 11) is 0. The maximum absolute atomic E-state index is 8.78. The number of nitrogens with zero attached hydrogens (tertiary/aromatic N) is 2. The molecule has 3 N–H and O–H groups in total. The number of carbonyl (C=O) groups is 1. The highest BCUT2D eigenvalue weighted by molar-refractivity contribution is 5.61. The molecule has 0 aliphatic carbocycles. The molecule has 0 fully saturated rings. The fourth-order valence-electron chi connectivity index (χ4n) is 0.532. The lowest BCUT2D eigenvalue weighted by atomic mass is 10.6. The predicted octanol–water partition coefficient (Wildman–Crippen LogP) is 0.733. The molecule has 0 unspecified atom stereocenters. The van der Waals surface area contributed by atoms with Gasteiger partial charge >= 0.3 is 6.09 Å². The largest absolute Gasteiger partial charge is 0.465 e. The molecule has 1 aliphatic heterocycles. The summed E-state index contributed by atoms with van der Waals surface area (Å²) in [5.41, 5.74) is 4.03. The van der Waals surface area contributed by atoms with Gasteiger partial charge in [0, 0.05) is 6.54 Å². The lowest BCUT2D eigenvalue weighted by Gasteiger charge is -2.02. The van der Waals surface area contributed by atoms with Gasteiger partial charge in [0.15, 0.2) is 0 Å². The number of hydrogen-bond acceptors (Lipinski definition) is 3. The SMILES string of the molecule is C.C=CN1C=NCC1.NC(=O)O. The first-order valence-electron chi connectivity index (χ1n) is 3.03. The minimum atomic E-state index is -1.33. The van der Waals surface area contributed by atoms with Gasteiger partial charge in [0.05, 0.1) is 12.9 Å². The predicted molar refractivity (Wildman–Crippen MR) is 49.2 cm³/mol. The van der Waals surface area contributed by atoms with Crippen molar-refractivity contribution in [2.75, 3.05) is 13.1 Å². The Bertz CT molecular complexity index is 164. The Hall–Kier alpha value is -1.52. The molecule has 0 bridgehead atoms. The van der Waals surface area contributed by atoms with Crippen LogP contribution in [-0.2, 0) is 0 Å². The summed E-state index contributed by atoms with van der Waals surface area (Å²) in [6.45, 7) is 5.50. The molecule has 0 aromatic rings. The zero-order valence-electron chi connectivity index (χ0n) is 6.10. The quantitative estimate of drug-likeness (QED) is 0.613. The molecule has 0 aromatic heterocycles. The number of nitrogens with two attached hydrogens (primary N) is 1. The second kappa shape index (κ2) is 7.59. The van der Waals surface area contributed by atoms with Crippen LogP contribution in [0.4, 0.5) is 4.79 Å². The van der Waals surface area contributed by atoms with E-state index < -0.39 is 6.09 Å². The van der Waals surface area contributed by atoms with Crippen molar-refractivity contribution >= 4 is 12.4 Å². The lowest BCUT2D eigenvalue weighted by molar-refractivity contribution is 0.205. The van der Waals surface area contributed by atoms with Crippen LogP contribution in [0.1, 0.15) is 7.43 Å². The minimum Gasteiger partial charge on any atom is -0.465 e. The van der Waals surface area contributed by atoms with Crippen LogP contribution in [0, 0.1) is 0 Å². The molecular weight excluding hydrogens is 158 g/mol. The summed E-state index contributed by atoms with van der Waals surface area (Å²) in [6.07, 6.45) is 2.24. The van der Waals surface area contributed by atoms with E-state index in [2.05, 4.69) is 17.3 Å². The van der Waals surface area contributed by atoms with Crippen molar-refractivity contribution in [2.24, 2.45) is 10.7 Å². The van der Waals surface area contributed by atoms with Crippen molar-refractivity contribution < 1.29 is 9.90 Å². The van der Waals surface area contributed by atoms with Crippen LogP contribution < -0.4 is 5.73 Å². The van der Waals surface area contributed by atoms with Crippen molar-refractivity contribution in [3.05, 3.63) is 12.8 Å². The zero-order valence-corrected chi connectivity index (χ0v) is 6.10. The minimum absolute atomic E-state index is 0. The van der Waals surface area contributed by atoms with Gasteiger partial charge in [-0.15, -0.1) is 0 Å². The van der Waals surface area contributed by atoms with Crippen LogP contribution in [0.25, 0.3) is 0 Å². The molecule has 1 rings (SSSR count). The second-order valence-electron chi connectivity index (χ2n) is 1.78. The first kappa shape index (κ1) is 13.1. The molecule has 0 aromatic carbocycles. The molecule has 0 spiro atoms. The van der Waals surface area contributed by atoms with Crippen molar-refractivity contribution in [3.63, 3.8) is 0 Å². The van der Waals surface area contributed by atoms with Gasteiger partial charge in [-0.05, 0) is 6.20 Å². The fourth-order valence-corrected chi connectivity index (χ4v) is 0.532. The fraction of sp³-hybridized carbons (Fsp3) is 0.429. The second-order valence-corrected chi connectivity index (χ2v) is 1.78. The number of hydrogen-bond donors (Lipinski definition) is 2. The zero-order chi connectivity index (χ0) is 8.69. The standard InChI is InChI=1S/C5H8N2.CH3NO2.CH4/c1-2-7-4-3-6-5-7;2-1(3)4;/h2,5H,1,3-4H2;2H2,(H,3,4);1H4. The Morgan fingerprint density at radius 3 is 2.50 bits per heavy atom. The Morgan fingerprint density at radius 2 is 2.33 bits per heavy atom. The number of carboxylic acid groups (broad SMARTS) is 1. The van der Waals surface area contributed by atoms with Crippen LogP contribution in [0.2, 0.25) is 0 Å². The third kappa shape index (κ3) is 8.48. The van der Waals surface area contributed by atoms with E-state index in [9.17, 15) is 0 Å². The summed E-state index contributed by atoms with van der Waals surface area (Å²) in [4.78, 5) is 14.7. The van der Waals surface area contributed by atoms with Crippen molar-refractivity contribution in [2.45, 2.75) is 7.43 Å². The number of rotatable bonds is 1. The smallest absolute Gasteiger partial charge is 0.402 e. The third-order valence-corrected chi connectivity index (χ3v) is 0.952. The van der Waals surface area contributed by atoms with E-state index in [1.54, 1.807) is 12.5 Å².